The zero-order valence-electron chi connectivity index (χ0n) is 16.6. The Morgan fingerprint density at radius 2 is 1.86 bits per heavy atom. The van der Waals surface area contributed by atoms with Crippen LogP contribution in [0.3, 0.4) is 0 Å². The Hall–Kier alpha value is -3.10. The first-order valence-corrected chi connectivity index (χ1v) is 9.88. The van der Waals surface area contributed by atoms with Gasteiger partial charge in [-0.3, -0.25) is 9.89 Å². The number of nitrogens with zero attached hydrogens (tertiary/aromatic N) is 3. The number of carbonyl (C=O) groups excluding carboxylic acids is 1. The maximum absolute atomic E-state index is 13.1. The van der Waals surface area contributed by atoms with E-state index >= 15 is 0 Å². The summed E-state index contributed by atoms with van der Waals surface area (Å²) in [5, 5.41) is 16.7. The minimum atomic E-state index is 0.0287. The summed E-state index contributed by atoms with van der Waals surface area (Å²) in [5.41, 5.74) is 6.87. The van der Waals surface area contributed by atoms with Gasteiger partial charge in [0, 0.05) is 30.1 Å². The molecule has 1 saturated heterocycles. The number of aromatic nitrogens is 2. The molecule has 0 spiro atoms. The molecule has 0 bridgehead atoms. The Morgan fingerprint density at radius 3 is 2.45 bits per heavy atom. The van der Waals surface area contributed by atoms with Crippen molar-refractivity contribution >= 4 is 17.5 Å². The Bertz CT molecular complexity index is 1130. The summed E-state index contributed by atoms with van der Waals surface area (Å²) in [6.07, 6.45) is 0. The molecule has 0 unspecified atom stereocenters. The highest BCUT2D eigenvalue weighted by Crippen LogP contribution is 2.34. The van der Waals surface area contributed by atoms with Crippen LogP contribution >= 0.6 is 11.6 Å². The van der Waals surface area contributed by atoms with Crippen molar-refractivity contribution in [1.82, 2.24) is 15.1 Å². The predicted octanol–water partition coefficient (Wildman–Crippen LogP) is 4.77. The molecule has 2 heterocycles. The van der Waals surface area contributed by atoms with E-state index in [1.807, 2.05) is 62.1 Å². The van der Waals surface area contributed by atoms with E-state index in [-0.39, 0.29) is 5.91 Å². The van der Waals surface area contributed by atoms with Crippen molar-refractivity contribution in [1.29, 1.82) is 5.26 Å². The Labute approximate surface area is 174 Å². The number of nitriles is 1. The van der Waals surface area contributed by atoms with Gasteiger partial charge in [0.2, 0.25) is 0 Å². The van der Waals surface area contributed by atoms with Crippen LogP contribution in [0.2, 0.25) is 5.02 Å². The minimum Gasteiger partial charge on any atom is -0.337 e. The minimum absolute atomic E-state index is 0.0287. The van der Waals surface area contributed by atoms with Crippen LogP contribution < -0.4 is 0 Å². The first-order valence-electron chi connectivity index (χ1n) is 9.50. The van der Waals surface area contributed by atoms with Crippen molar-refractivity contribution in [3.8, 4) is 17.3 Å². The van der Waals surface area contributed by atoms with Crippen molar-refractivity contribution < 1.29 is 4.79 Å². The molecular formula is C23H21ClN4O. The van der Waals surface area contributed by atoms with Crippen molar-refractivity contribution in [3.63, 3.8) is 0 Å². The standard InChI is InChI=1S/C23H21ClN4O/c1-13-8-14(2)20(9-19(13)22-21(24)15(3)26-27-22)23(29)28-11-18(12-28)17-6-4-16(10-25)5-7-17/h4-9,18H,11-12H2,1-3H3,(H,26,27). The number of hydrogen-bond acceptors (Lipinski definition) is 3. The maximum atomic E-state index is 13.1. The quantitative estimate of drug-likeness (QED) is 0.683. The Kier molecular flexibility index (Phi) is 4.89. The van der Waals surface area contributed by atoms with E-state index < -0.39 is 0 Å². The van der Waals surface area contributed by atoms with Gasteiger partial charge in [-0.15, -0.1) is 0 Å². The smallest absolute Gasteiger partial charge is 0.254 e. The molecule has 146 valence electrons. The number of H-pyrrole nitrogens is 1. The van der Waals surface area contributed by atoms with E-state index in [1.165, 1.54) is 0 Å². The van der Waals surface area contributed by atoms with Gasteiger partial charge in [-0.2, -0.15) is 10.4 Å². The van der Waals surface area contributed by atoms with Crippen LogP contribution in [-0.2, 0) is 0 Å². The summed E-state index contributed by atoms with van der Waals surface area (Å²) >= 11 is 6.39. The number of likely N-dealkylation sites (tertiary alicyclic amines) is 1. The van der Waals surface area contributed by atoms with Gasteiger partial charge in [0.25, 0.3) is 5.91 Å². The molecule has 3 aromatic rings. The number of hydrogen-bond donors (Lipinski definition) is 1. The fourth-order valence-electron chi connectivity index (χ4n) is 3.80. The van der Waals surface area contributed by atoms with Gasteiger partial charge in [-0.1, -0.05) is 29.8 Å². The number of nitrogens with one attached hydrogen (secondary N) is 1. The third-order valence-electron chi connectivity index (χ3n) is 5.62. The molecular weight excluding hydrogens is 384 g/mol. The molecule has 6 heteroatoms. The van der Waals surface area contributed by atoms with Gasteiger partial charge >= 0.3 is 0 Å². The van der Waals surface area contributed by atoms with Gasteiger partial charge in [-0.05, 0) is 55.7 Å². The number of amides is 1. The van der Waals surface area contributed by atoms with E-state index in [9.17, 15) is 4.79 Å². The molecule has 1 aromatic heterocycles. The van der Waals surface area contributed by atoms with E-state index in [0.717, 1.165) is 33.6 Å². The van der Waals surface area contributed by atoms with Crippen molar-refractivity contribution in [2.45, 2.75) is 26.7 Å². The van der Waals surface area contributed by atoms with Crippen LogP contribution in [0.15, 0.2) is 36.4 Å². The fourth-order valence-corrected chi connectivity index (χ4v) is 3.99. The Balaban J connectivity index is 1.56. The highest BCUT2D eigenvalue weighted by molar-refractivity contribution is 6.33. The largest absolute Gasteiger partial charge is 0.337 e. The second-order valence-corrected chi connectivity index (χ2v) is 8.00. The summed E-state index contributed by atoms with van der Waals surface area (Å²) in [6.45, 7) is 7.17. The third kappa shape index (κ3) is 3.41. The van der Waals surface area contributed by atoms with E-state index in [1.54, 1.807) is 0 Å². The number of carbonyl (C=O) groups is 1. The molecule has 1 N–H and O–H groups in total. The van der Waals surface area contributed by atoms with Crippen LogP contribution in [0, 0.1) is 32.1 Å². The normalized spacial score (nSPS) is 13.8. The van der Waals surface area contributed by atoms with Gasteiger partial charge in [0.05, 0.1) is 28.0 Å². The van der Waals surface area contributed by atoms with Crippen LogP contribution in [0.4, 0.5) is 0 Å². The van der Waals surface area contributed by atoms with E-state index in [0.29, 0.717) is 35.2 Å². The first-order chi connectivity index (χ1) is 13.9. The molecule has 1 amide bonds. The molecule has 0 atom stereocenters. The molecule has 0 aliphatic carbocycles. The second kappa shape index (κ2) is 7.38. The lowest BCUT2D eigenvalue weighted by Crippen LogP contribution is -2.48. The SMILES string of the molecule is Cc1cc(C)c(-c2[nH]nc(C)c2Cl)cc1C(=O)N1CC(c2ccc(C#N)cc2)C1. The molecule has 1 aliphatic heterocycles. The van der Waals surface area contributed by atoms with Crippen LogP contribution in [0.25, 0.3) is 11.3 Å². The molecule has 1 aliphatic rings. The Morgan fingerprint density at radius 1 is 1.17 bits per heavy atom. The molecule has 29 heavy (non-hydrogen) atoms. The monoisotopic (exact) mass is 404 g/mol. The van der Waals surface area contributed by atoms with Crippen molar-refractivity contribution in [3.05, 3.63) is 74.9 Å². The number of aryl methyl sites for hydroxylation is 3. The van der Waals surface area contributed by atoms with Crippen LogP contribution in [-0.4, -0.2) is 34.1 Å². The number of rotatable bonds is 3. The highest BCUT2D eigenvalue weighted by atomic mass is 35.5. The topological polar surface area (TPSA) is 72.8 Å². The van der Waals surface area contributed by atoms with Crippen molar-refractivity contribution in [2.75, 3.05) is 13.1 Å². The summed E-state index contributed by atoms with van der Waals surface area (Å²) < 4.78 is 0. The number of aromatic amines is 1. The molecule has 0 radical (unpaired) electrons. The lowest BCUT2D eigenvalue weighted by Gasteiger charge is -2.40. The van der Waals surface area contributed by atoms with Gasteiger partial charge in [0.15, 0.2) is 0 Å². The summed E-state index contributed by atoms with van der Waals surface area (Å²) in [7, 11) is 0. The second-order valence-electron chi connectivity index (χ2n) is 7.62. The van der Waals surface area contributed by atoms with Gasteiger partial charge in [0.1, 0.15) is 0 Å². The summed E-state index contributed by atoms with van der Waals surface area (Å²) in [6, 6.07) is 13.7. The summed E-state index contributed by atoms with van der Waals surface area (Å²) in [5.74, 6) is 0.336. The zero-order chi connectivity index (χ0) is 20.7. The van der Waals surface area contributed by atoms with Crippen LogP contribution in [0.1, 0.15) is 44.2 Å². The average Bonchev–Trinajstić information content (AvgIpc) is 3.00. The number of benzene rings is 2. The predicted molar refractivity (Wildman–Crippen MR) is 113 cm³/mol. The summed E-state index contributed by atoms with van der Waals surface area (Å²) in [4.78, 5) is 15.0. The van der Waals surface area contributed by atoms with E-state index in [2.05, 4.69) is 16.3 Å². The molecule has 1 fully saturated rings. The van der Waals surface area contributed by atoms with Crippen LogP contribution in [0.5, 0.6) is 0 Å². The van der Waals surface area contributed by atoms with Gasteiger partial charge in [-0.25, -0.2) is 0 Å². The zero-order valence-corrected chi connectivity index (χ0v) is 17.3. The number of halogens is 1. The lowest BCUT2D eigenvalue weighted by atomic mass is 9.89. The molecule has 2 aromatic carbocycles. The molecule has 0 saturated carbocycles. The average molecular weight is 405 g/mol. The fraction of sp³-hybridized carbons (Fsp3) is 0.261. The van der Waals surface area contributed by atoms with Gasteiger partial charge < -0.3 is 4.90 Å². The maximum Gasteiger partial charge on any atom is 0.254 e. The highest BCUT2D eigenvalue weighted by Gasteiger charge is 2.33. The first kappa shape index (κ1) is 19.2. The van der Waals surface area contributed by atoms with E-state index in [4.69, 9.17) is 16.9 Å². The lowest BCUT2D eigenvalue weighted by molar-refractivity contribution is 0.0601. The van der Waals surface area contributed by atoms with Crippen molar-refractivity contribution in [2.24, 2.45) is 0 Å². The molecule has 5 nitrogen and oxygen atoms in total. The molecule has 4 rings (SSSR count). The third-order valence-corrected chi connectivity index (χ3v) is 6.09.